The predicted octanol–water partition coefficient (Wildman–Crippen LogP) is -3.20. The van der Waals surface area contributed by atoms with Crippen molar-refractivity contribution in [2.75, 3.05) is 13.2 Å². The van der Waals surface area contributed by atoms with Gasteiger partial charge < -0.3 is 29.1 Å². The molecule has 0 rings (SSSR count). The molecule has 8 heteroatoms. The van der Waals surface area contributed by atoms with Crippen LogP contribution in [-0.2, 0) is 9.09 Å². The molecule has 0 atom stereocenters. The Kier molecular flexibility index (Phi) is 8.24. The number of aliphatic hydroxyl groups is 2. The van der Waals surface area contributed by atoms with Crippen LogP contribution in [0.5, 0.6) is 0 Å². The van der Waals surface area contributed by atoms with E-state index in [-0.39, 0.29) is 23.1 Å². The molecule has 0 aliphatic rings. The minimum Gasteiger partial charge on any atom is -0.790 e. The molecular weight excluding hydrogens is 187 g/mol. The Morgan fingerprint density at radius 1 is 1.36 bits per heavy atom. The Morgan fingerprint density at radius 3 is 1.82 bits per heavy atom. The first-order valence-corrected chi connectivity index (χ1v) is 3.88. The van der Waals surface area contributed by atoms with E-state index in [1.54, 1.807) is 0 Å². The van der Waals surface area contributed by atoms with E-state index in [1.807, 2.05) is 0 Å². The second-order valence-corrected chi connectivity index (χ2v) is 2.65. The molecule has 0 heterocycles. The zero-order valence-corrected chi connectivity index (χ0v) is 7.98. The van der Waals surface area contributed by atoms with E-state index in [0.29, 0.717) is 0 Å². The van der Waals surface area contributed by atoms with E-state index in [4.69, 9.17) is 10.2 Å². The van der Waals surface area contributed by atoms with Gasteiger partial charge >= 0.3 is 23.1 Å². The summed E-state index contributed by atoms with van der Waals surface area (Å²) in [6, 6.07) is 0. The van der Waals surface area contributed by atoms with Crippen LogP contribution in [0.3, 0.4) is 0 Å². The maximum atomic E-state index is 9.79. The average Bonchev–Trinajstić information content (AvgIpc) is 1.81. The van der Waals surface area contributed by atoms with Crippen molar-refractivity contribution in [3.63, 3.8) is 0 Å². The largest absolute Gasteiger partial charge is 2.00 e. The smallest absolute Gasteiger partial charge is 0.790 e. The molecule has 0 saturated carbocycles. The first-order chi connectivity index (χ1) is 4.49. The first kappa shape index (κ1) is 14.3. The Labute approximate surface area is 79.6 Å². The fourth-order valence-electron chi connectivity index (χ4n) is 0.307. The number of aliphatic hydroxyl groups excluding tert-OH is 2. The van der Waals surface area contributed by atoms with E-state index in [1.165, 1.54) is 0 Å². The van der Waals surface area contributed by atoms with Crippen molar-refractivity contribution in [3.8, 4) is 0 Å². The van der Waals surface area contributed by atoms with E-state index in [0.717, 1.165) is 0 Å². The van der Waals surface area contributed by atoms with Crippen LogP contribution < -0.4 is 9.79 Å². The van der Waals surface area contributed by atoms with Crippen LogP contribution in [-0.4, -0.2) is 52.6 Å². The molecule has 0 aliphatic carbocycles. The van der Waals surface area contributed by atoms with Gasteiger partial charge in [-0.1, -0.05) is 0 Å². The average molecular weight is 194 g/mol. The van der Waals surface area contributed by atoms with Gasteiger partial charge in [0.15, 0.2) is 0 Å². The van der Waals surface area contributed by atoms with Crippen LogP contribution in [0.2, 0.25) is 0 Å². The van der Waals surface area contributed by atoms with Gasteiger partial charge in [0.05, 0.1) is 21.0 Å². The van der Waals surface area contributed by atoms with Crippen LogP contribution in [0.1, 0.15) is 0 Å². The van der Waals surface area contributed by atoms with Gasteiger partial charge in [-0.2, -0.15) is 0 Å². The van der Waals surface area contributed by atoms with E-state index < -0.39 is 27.1 Å². The van der Waals surface area contributed by atoms with Crippen molar-refractivity contribution < 1.29 is 29.1 Å². The molecule has 0 aromatic heterocycles. The van der Waals surface area contributed by atoms with Gasteiger partial charge in [0, 0.05) is 0 Å². The first-order valence-electron chi connectivity index (χ1n) is 2.41. The van der Waals surface area contributed by atoms with Gasteiger partial charge in [-0.3, -0.25) is 0 Å². The Balaban J connectivity index is 0. The number of hydrogen-bond acceptors (Lipinski definition) is 6. The Bertz CT molecular complexity index is 130. The van der Waals surface area contributed by atoms with Crippen LogP contribution in [0.15, 0.2) is 0 Å². The molecule has 0 saturated heterocycles. The van der Waals surface area contributed by atoms with Crippen LogP contribution in [0, 0.1) is 0 Å². The van der Waals surface area contributed by atoms with Gasteiger partial charge in [0.1, 0.15) is 6.10 Å². The zero-order valence-electron chi connectivity index (χ0n) is 5.67. The summed E-state index contributed by atoms with van der Waals surface area (Å²) < 4.78 is 13.5. The quantitative estimate of drug-likeness (QED) is 0.360. The minimum atomic E-state index is -5.07. The SMILES string of the molecule is O=P([O-])([O-])OC(CO)CO.[Mg+2]. The standard InChI is InChI=1S/C3H9O6P.Mg/c4-1-3(2-5)9-10(6,7)8;/h3-5H,1-2H2,(H2,6,7,8);/q;+2/p-2. The zero-order chi connectivity index (χ0) is 8.20. The summed E-state index contributed by atoms with van der Waals surface area (Å²) in [5.41, 5.74) is 0. The fourth-order valence-corrected chi connectivity index (χ4v) is 0.805. The van der Waals surface area contributed by atoms with Gasteiger partial charge in [-0.05, 0) is 0 Å². The summed E-state index contributed by atoms with van der Waals surface area (Å²) in [4.78, 5) is 19.6. The fraction of sp³-hybridized carbons (Fsp3) is 1.00. The van der Waals surface area contributed by atoms with Crippen LogP contribution >= 0.6 is 7.82 Å². The molecule has 0 spiro atoms. The molecule has 0 unspecified atom stereocenters. The van der Waals surface area contributed by atoms with Gasteiger partial charge in [-0.15, -0.1) is 0 Å². The molecule has 0 aliphatic heterocycles. The molecule has 0 aromatic rings. The number of phosphoric acid groups is 1. The predicted molar refractivity (Wildman–Crippen MR) is 32.4 cm³/mol. The maximum Gasteiger partial charge on any atom is 2.00 e. The summed E-state index contributed by atoms with van der Waals surface area (Å²) >= 11 is 0. The molecule has 62 valence electrons. The summed E-state index contributed by atoms with van der Waals surface area (Å²) in [5, 5.41) is 16.4. The summed E-state index contributed by atoms with van der Waals surface area (Å²) in [6.07, 6.45) is -1.33. The second kappa shape index (κ2) is 6.33. The maximum absolute atomic E-state index is 9.79. The van der Waals surface area contributed by atoms with Crippen molar-refractivity contribution >= 4 is 30.9 Å². The summed E-state index contributed by atoms with van der Waals surface area (Å²) in [6.45, 7) is -1.41. The van der Waals surface area contributed by atoms with Crippen molar-refractivity contribution in [3.05, 3.63) is 0 Å². The topological polar surface area (TPSA) is 113 Å². The van der Waals surface area contributed by atoms with Crippen molar-refractivity contribution in [2.45, 2.75) is 6.10 Å². The van der Waals surface area contributed by atoms with Crippen LogP contribution in [0.25, 0.3) is 0 Å². The molecule has 11 heavy (non-hydrogen) atoms. The molecule has 0 aromatic carbocycles. The summed E-state index contributed by atoms with van der Waals surface area (Å²) in [5.74, 6) is 0. The normalized spacial score (nSPS) is 11.4. The molecule has 2 N–H and O–H groups in total. The second-order valence-electron chi connectivity index (χ2n) is 1.54. The van der Waals surface area contributed by atoms with E-state index in [9.17, 15) is 14.4 Å². The number of phosphoric ester groups is 1. The summed E-state index contributed by atoms with van der Waals surface area (Å²) in [7, 11) is -5.07. The minimum absolute atomic E-state index is 0. The third-order valence-electron chi connectivity index (χ3n) is 0.685. The van der Waals surface area contributed by atoms with E-state index in [2.05, 4.69) is 4.52 Å². The molecule has 0 fully saturated rings. The number of rotatable bonds is 4. The van der Waals surface area contributed by atoms with Crippen molar-refractivity contribution in [2.24, 2.45) is 0 Å². The molecule has 0 bridgehead atoms. The van der Waals surface area contributed by atoms with Gasteiger partial charge in [0.25, 0.3) is 0 Å². The third-order valence-corrected chi connectivity index (χ3v) is 1.24. The van der Waals surface area contributed by atoms with Crippen molar-refractivity contribution in [1.82, 2.24) is 0 Å². The Hall–Kier alpha value is 0.796. The van der Waals surface area contributed by atoms with E-state index >= 15 is 0 Å². The van der Waals surface area contributed by atoms with Gasteiger partial charge in [0.2, 0.25) is 0 Å². The number of hydrogen-bond donors (Lipinski definition) is 2. The monoisotopic (exact) mass is 194 g/mol. The molecule has 0 amide bonds. The van der Waals surface area contributed by atoms with Crippen LogP contribution in [0.4, 0.5) is 0 Å². The van der Waals surface area contributed by atoms with Gasteiger partial charge in [-0.25, -0.2) is 0 Å². The van der Waals surface area contributed by atoms with Crippen molar-refractivity contribution in [1.29, 1.82) is 0 Å². The third kappa shape index (κ3) is 8.70. The Morgan fingerprint density at radius 2 is 1.73 bits per heavy atom. The molecule has 0 radical (unpaired) electrons. The molecular formula is C3H7MgO6P. The molecule has 6 nitrogen and oxygen atoms in total.